The number of hydrogen-bond acceptors (Lipinski definition) is 1. The van der Waals surface area contributed by atoms with Crippen molar-refractivity contribution in [1.29, 1.82) is 0 Å². The minimum absolute atomic E-state index is 0. The Hall–Kier alpha value is -0.310. The molecule has 10 heavy (non-hydrogen) atoms. The molecule has 0 unspecified atom stereocenters. The molecular weight excluding hydrogens is 192 g/mol. The minimum atomic E-state index is 0. The van der Waals surface area contributed by atoms with E-state index in [1.807, 2.05) is 0 Å². The maximum absolute atomic E-state index is 4.15. The van der Waals surface area contributed by atoms with E-state index in [9.17, 15) is 0 Å². The van der Waals surface area contributed by atoms with Gasteiger partial charge in [0.15, 0.2) is 0 Å². The molecule has 0 aliphatic heterocycles. The molecule has 0 aliphatic rings. The second kappa shape index (κ2) is 4.50. The molecule has 1 rings (SSSR count). The van der Waals surface area contributed by atoms with Gasteiger partial charge in [-0.25, -0.2) is 4.98 Å². The van der Waals surface area contributed by atoms with E-state index < -0.39 is 0 Å². The summed E-state index contributed by atoms with van der Waals surface area (Å²) in [6.45, 7) is 4.25. The molecule has 58 valence electrons. The average Bonchev–Trinajstić information content (AvgIpc) is 2.33. The fourth-order valence-corrected chi connectivity index (χ4v) is 0.960. The van der Waals surface area contributed by atoms with Gasteiger partial charge in [-0.2, -0.15) is 0 Å². The van der Waals surface area contributed by atoms with Crippen molar-refractivity contribution in [3.63, 3.8) is 0 Å². The van der Waals surface area contributed by atoms with E-state index in [0.29, 0.717) is 0 Å². The molecule has 1 N–H and O–H groups in total. The number of hydrogen-bond donors (Lipinski definition) is 1. The maximum atomic E-state index is 4.15. The highest BCUT2D eigenvalue weighted by Gasteiger charge is 1.97. The van der Waals surface area contributed by atoms with Gasteiger partial charge in [-0.05, 0) is 12.8 Å². The summed E-state index contributed by atoms with van der Waals surface area (Å²) in [5, 5.41) is 0. The Balaban J connectivity index is 0.000000810. The highest BCUT2D eigenvalue weighted by atomic mass is 79.9. The molecule has 0 saturated heterocycles. The van der Waals surface area contributed by atoms with Crippen LogP contribution < -0.4 is 0 Å². The molecule has 0 radical (unpaired) electrons. The zero-order valence-corrected chi connectivity index (χ0v) is 8.06. The number of aromatic amines is 1. The van der Waals surface area contributed by atoms with Crippen LogP contribution in [0.5, 0.6) is 0 Å². The SMILES string of the molecule is Br.CCc1nc[nH]c1CC. The number of H-pyrrole nitrogens is 1. The fourth-order valence-electron chi connectivity index (χ4n) is 0.960. The summed E-state index contributed by atoms with van der Waals surface area (Å²) < 4.78 is 0. The van der Waals surface area contributed by atoms with E-state index in [-0.39, 0.29) is 17.0 Å². The number of rotatable bonds is 2. The van der Waals surface area contributed by atoms with Crippen LogP contribution >= 0.6 is 17.0 Å². The van der Waals surface area contributed by atoms with Gasteiger partial charge in [0, 0.05) is 5.69 Å². The lowest BCUT2D eigenvalue weighted by Gasteiger charge is -1.91. The Labute approximate surface area is 71.8 Å². The normalized spacial score (nSPS) is 9.00. The maximum Gasteiger partial charge on any atom is 0.0925 e. The first kappa shape index (κ1) is 9.69. The van der Waals surface area contributed by atoms with Crippen molar-refractivity contribution < 1.29 is 0 Å². The molecule has 2 nitrogen and oxygen atoms in total. The Bertz CT molecular complexity index is 165. The minimum Gasteiger partial charge on any atom is -0.348 e. The third-order valence-corrected chi connectivity index (χ3v) is 1.50. The van der Waals surface area contributed by atoms with Crippen LogP contribution in [0.2, 0.25) is 0 Å². The predicted octanol–water partition coefficient (Wildman–Crippen LogP) is 2.11. The fraction of sp³-hybridized carbons (Fsp3) is 0.571. The van der Waals surface area contributed by atoms with Crippen molar-refractivity contribution in [2.45, 2.75) is 26.7 Å². The molecule has 0 fully saturated rings. The summed E-state index contributed by atoms with van der Waals surface area (Å²) in [4.78, 5) is 7.25. The number of imidazole rings is 1. The van der Waals surface area contributed by atoms with Crippen molar-refractivity contribution >= 4 is 17.0 Å². The summed E-state index contributed by atoms with van der Waals surface area (Å²) in [7, 11) is 0. The summed E-state index contributed by atoms with van der Waals surface area (Å²) in [5.41, 5.74) is 2.48. The molecule has 0 aliphatic carbocycles. The van der Waals surface area contributed by atoms with Crippen LogP contribution in [0.3, 0.4) is 0 Å². The van der Waals surface area contributed by atoms with Crippen LogP contribution in [-0.4, -0.2) is 9.97 Å². The molecule has 1 heterocycles. The van der Waals surface area contributed by atoms with E-state index in [4.69, 9.17) is 0 Å². The third-order valence-electron chi connectivity index (χ3n) is 1.50. The van der Waals surface area contributed by atoms with Crippen molar-refractivity contribution in [1.82, 2.24) is 9.97 Å². The Kier molecular flexibility index (Phi) is 4.36. The van der Waals surface area contributed by atoms with E-state index in [2.05, 4.69) is 23.8 Å². The number of nitrogens with one attached hydrogen (secondary N) is 1. The molecule has 0 amide bonds. The Morgan fingerprint density at radius 3 is 2.50 bits per heavy atom. The number of nitrogens with zero attached hydrogens (tertiary/aromatic N) is 1. The highest BCUT2D eigenvalue weighted by molar-refractivity contribution is 8.93. The predicted molar refractivity (Wildman–Crippen MR) is 47.7 cm³/mol. The molecule has 0 saturated carbocycles. The zero-order valence-electron chi connectivity index (χ0n) is 6.35. The van der Waals surface area contributed by atoms with Crippen molar-refractivity contribution in [2.75, 3.05) is 0 Å². The number of halogens is 1. The molecule has 0 spiro atoms. The third kappa shape index (κ3) is 1.84. The van der Waals surface area contributed by atoms with Gasteiger partial charge in [-0.3, -0.25) is 0 Å². The second-order valence-corrected chi connectivity index (χ2v) is 2.03. The first-order valence-electron chi connectivity index (χ1n) is 3.39. The number of aromatic nitrogens is 2. The van der Waals surface area contributed by atoms with E-state index in [1.54, 1.807) is 6.33 Å². The van der Waals surface area contributed by atoms with Gasteiger partial charge >= 0.3 is 0 Å². The van der Waals surface area contributed by atoms with Crippen molar-refractivity contribution in [3.8, 4) is 0 Å². The first-order valence-corrected chi connectivity index (χ1v) is 3.39. The van der Waals surface area contributed by atoms with E-state index >= 15 is 0 Å². The second-order valence-electron chi connectivity index (χ2n) is 2.03. The van der Waals surface area contributed by atoms with Crippen molar-refractivity contribution in [3.05, 3.63) is 17.7 Å². The van der Waals surface area contributed by atoms with Gasteiger partial charge in [-0.1, -0.05) is 13.8 Å². The summed E-state index contributed by atoms with van der Waals surface area (Å²) in [6, 6.07) is 0. The molecule has 3 heteroatoms. The summed E-state index contributed by atoms with van der Waals surface area (Å²) >= 11 is 0. The molecule has 1 aromatic rings. The monoisotopic (exact) mass is 204 g/mol. The number of aryl methyl sites for hydroxylation is 2. The molecular formula is C7H13BrN2. The van der Waals surface area contributed by atoms with Gasteiger partial charge in [0.1, 0.15) is 0 Å². The van der Waals surface area contributed by atoms with E-state index in [0.717, 1.165) is 12.8 Å². The van der Waals surface area contributed by atoms with Crippen LogP contribution in [0.15, 0.2) is 6.33 Å². The lowest BCUT2D eigenvalue weighted by molar-refractivity contribution is 0.979. The van der Waals surface area contributed by atoms with Crippen LogP contribution in [-0.2, 0) is 12.8 Å². The molecule has 0 bridgehead atoms. The zero-order chi connectivity index (χ0) is 6.69. The summed E-state index contributed by atoms with van der Waals surface area (Å²) in [6.07, 6.45) is 3.85. The standard InChI is InChI=1S/C7H12N2.BrH/c1-3-6-7(4-2)9-5-8-6;/h5H,3-4H2,1-2H3,(H,8,9);1H. The van der Waals surface area contributed by atoms with Gasteiger partial charge in [-0.15, -0.1) is 17.0 Å². The molecule has 0 atom stereocenters. The average molecular weight is 205 g/mol. The molecule has 1 aromatic heterocycles. The Morgan fingerprint density at radius 2 is 2.10 bits per heavy atom. The Morgan fingerprint density at radius 1 is 1.40 bits per heavy atom. The lowest BCUT2D eigenvalue weighted by Crippen LogP contribution is -1.87. The van der Waals surface area contributed by atoms with Crippen LogP contribution in [0.1, 0.15) is 25.2 Å². The highest BCUT2D eigenvalue weighted by Crippen LogP contribution is 2.02. The topological polar surface area (TPSA) is 28.7 Å². The van der Waals surface area contributed by atoms with Crippen molar-refractivity contribution in [2.24, 2.45) is 0 Å². The van der Waals surface area contributed by atoms with Gasteiger partial charge in [0.2, 0.25) is 0 Å². The van der Waals surface area contributed by atoms with Gasteiger partial charge in [0.05, 0.1) is 12.0 Å². The van der Waals surface area contributed by atoms with Crippen LogP contribution in [0.4, 0.5) is 0 Å². The van der Waals surface area contributed by atoms with Crippen LogP contribution in [0.25, 0.3) is 0 Å². The van der Waals surface area contributed by atoms with Gasteiger partial charge in [0.25, 0.3) is 0 Å². The summed E-state index contributed by atoms with van der Waals surface area (Å²) in [5.74, 6) is 0. The molecule has 0 aromatic carbocycles. The van der Waals surface area contributed by atoms with E-state index in [1.165, 1.54) is 11.4 Å². The lowest BCUT2D eigenvalue weighted by atomic mass is 10.2. The van der Waals surface area contributed by atoms with Gasteiger partial charge < -0.3 is 4.98 Å². The first-order chi connectivity index (χ1) is 4.38. The van der Waals surface area contributed by atoms with Crippen LogP contribution in [0, 0.1) is 0 Å². The smallest absolute Gasteiger partial charge is 0.0925 e. The quantitative estimate of drug-likeness (QED) is 0.786. The largest absolute Gasteiger partial charge is 0.348 e.